The molecule has 0 bridgehead atoms. The summed E-state index contributed by atoms with van der Waals surface area (Å²) in [4.78, 5) is 16.1. The van der Waals surface area contributed by atoms with Gasteiger partial charge < -0.3 is 10.8 Å². The molecule has 0 unspecified atom stereocenters. The highest BCUT2D eigenvalue weighted by atomic mass is 16.3. The highest BCUT2D eigenvalue weighted by molar-refractivity contribution is 5.77. The summed E-state index contributed by atoms with van der Waals surface area (Å²) in [5, 5.41) is 28.7. The second-order valence-electron chi connectivity index (χ2n) is 4.15. The zero-order valence-electron chi connectivity index (χ0n) is 10.9. The van der Waals surface area contributed by atoms with E-state index in [2.05, 4.69) is 4.98 Å². The lowest BCUT2D eigenvalue weighted by atomic mass is 9.97. The highest BCUT2D eigenvalue weighted by Gasteiger charge is 2.22. The van der Waals surface area contributed by atoms with E-state index in [1.165, 1.54) is 12.4 Å². The number of nitrogens with zero attached hydrogens (tertiary/aromatic N) is 4. The third kappa shape index (κ3) is 2.34. The minimum absolute atomic E-state index is 0.0185. The van der Waals surface area contributed by atoms with E-state index in [4.69, 9.17) is 5.73 Å². The molecule has 0 fully saturated rings. The van der Waals surface area contributed by atoms with E-state index in [1.807, 2.05) is 6.07 Å². The summed E-state index contributed by atoms with van der Waals surface area (Å²) < 4.78 is 0.932. The van der Waals surface area contributed by atoms with E-state index in [0.29, 0.717) is 5.56 Å². The number of hydrogen-bond donors (Lipinski definition) is 2. The Labute approximate surface area is 120 Å². The summed E-state index contributed by atoms with van der Waals surface area (Å²) in [5.41, 5.74) is 4.95. The second kappa shape index (κ2) is 5.87. The molecule has 0 aliphatic heterocycles. The van der Waals surface area contributed by atoms with Crippen LogP contribution in [-0.4, -0.2) is 21.2 Å². The molecule has 7 nitrogen and oxygen atoms in total. The van der Waals surface area contributed by atoms with Crippen molar-refractivity contribution >= 4 is 0 Å². The third-order valence-electron chi connectivity index (χ3n) is 2.98. The van der Waals surface area contributed by atoms with Crippen molar-refractivity contribution in [2.75, 3.05) is 6.54 Å². The molecule has 0 aromatic carbocycles. The molecule has 2 aromatic rings. The van der Waals surface area contributed by atoms with Crippen LogP contribution in [0.5, 0.6) is 5.88 Å². The Morgan fingerprint density at radius 3 is 2.38 bits per heavy atom. The van der Waals surface area contributed by atoms with Crippen LogP contribution in [0.3, 0.4) is 0 Å². The first-order chi connectivity index (χ1) is 10.2. The van der Waals surface area contributed by atoms with Crippen LogP contribution < -0.4 is 11.3 Å². The van der Waals surface area contributed by atoms with Crippen molar-refractivity contribution in [3.8, 4) is 29.1 Å². The lowest BCUT2D eigenvalue weighted by molar-refractivity contribution is 0.406. The van der Waals surface area contributed by atoms with Crippen LogP contribution in [0, 0.1) is 22.7 Å². The molecule has 3 N–H and O–H groups in total. The molecule has 21 heavy (non-hydrogen) atoms. The van der Waals surface area contributed by atoms with E-state index in [0.717, 1.165) is 4.57 Å². The number of nitrogens with two attached hydrogens (primary N) is 1. The fourth-order valence-electron chi connectivity index (χ4n) is 2.06. The minimum atomic E-state index is -0.675. The van der Waals surface area contributed by atoms with Gasteiger partial charge >= 0.3 is 0 Å². The maximum absolute atomic E-state index is 12.3. The molecule has 0 aliphatic rings. The summed E-state index contributed by atoms with van der Waals surface area (Å²) >= 11 is 0. The molecule has 0 saturated carbocycles. The molecule has 104 valence electrons. The van der Waals surface area contributed by atoms with Crippen molar-refractivity contribution < 1.29 is 5.11 Å². The predicted molar refractivity (Wildman–Crippen MR) is 74.1 cm³/mol. The Bertz CT molecular complexity index is 812. The smallest absolute Gasteiger partial charge is 0.272 e. The highest BCUT2D eigenvalue weighted by Crippen LogP contribution is 2.30. The van der Waals surface area contributed by atoms with Crippen molar-refractivity contribution in [2.24, 2.45) is 5.73 Å². The second-order valence-corrected chi connectivity index (χ2v) is 4.15. The fourth-order valence-corrected chi connectivity index (χ4v) is 2.06. The van der Waals surface area contributed by atoms with Crippen LogP contribution in [0.1, 0.15) is 11.1 Å². The van der Waals surface area contributed by atoms with Crippen LogP contribution in [0.25, 0.3) is 11.1 Å². The van der Waals surface area contributed by atoms with Crippen LogP contribution in [0.4, 0.5) is 0 Å². The molecule has 2 heterocycles. The topological polar surface area (TPSA) is 129 Å². The largest absolute Gasteiger partial charge is 0.493 e. The lowest BCUT2D eigenvalue weighted by Crippen LogP contribution is -2.27. The summed E-state index contributed by atoms with van der Waals surface area (Å²) in [5.74, 6) is -0.487. The van der Waals surface area contributed by atoms with Gasteiger partial charge in [-0.15, -0.1) is 0 Å². The molecule has 0 amide bonds. The minimum Gasteiger partial charge on any atom is -0.493 e. The van der Waals surface area contributed by atoms with Gasteiger partial charge in [0, 0.05) is 31.0 Å². The van der Waals surface area contributed by atoms with Gasteiger partial charge in [0.15, 0.2) is 0 Å². The van der Waals surface area contributed by atoms with Gasteiger partial charge in [0.2, 0.25) is 5.88 Å². The molecular formula is C14H11N5O2. The van der Waals surface area contributed by atoms with E-state index in [1.54, 1.807) is 18.2 Å². The van der Waals surface area contributed by atoms with Crippen LogP contribution in [-0.2, 0) is 6.54 Å². The van der Waals surface area contributed by atoms with E-state index in [9.17, 15) is 20.4 Å². The number of rotatable bonds is 3. The average Bonchev–Trinajstić information content (AvgIpc) is 2.52. The third-order valence-corrected chi connectivity index (χ3v) is 2.98. The van der Waals surface area contributed by atoms with Gasteiger partial charge in [0.1, 0.15) is 23.3 Å². The quantitative estimate of drug-likeness (QED) is 0.833. The lowest BCUT2D eigenvalue weighted by Gasteiger charge is -2.13. The Kier molecular flexibility index (Phi) is 3.98. The first kappa shape index (κ1) is 14.3. The first-order valence-electron chi connectivity index (χ1n) is 6.06. The first-order valence-corrected chi connectivity index (χ1v) is 6.06. The fraction of sp³-hybridized carbons (Fsp3) is 0.143. The summed E-state index contributed by atoms with van der Waals surface area (Å²) in [6.07, 6.45) is 2.94. The van der Waals surface area contributed by atoms with Crippen molar-refractivity contribution in [3.63, 3.8) is 0 Å². The molecule has 7 heteroatoms. The van der Waals surface area contributed by atoms with Gasteiger partial charge in [-0.25, -0.2) is 0 Å². The summed E-state index contributed by atoms with van der Waals surface area (Å²) in [7, 11) is 0. The molecule has 0 aliphatic carbocycles. The Hall–Kier alpha value is -3.16. The molecule has 0 atom stereocenters. The van der Waals surface area contributed by atoms with E-state index >= 15 is 0 Å². The zero-order chi connectivity index (χ0) is 15.4. The van der Waals surface area contributed by atoms with Gasteiger partial charge in [-0.1, -0.05) is 0 Å². The molecule has 0 spiro atoms. The van der Waals surface area contributed by atoms with Crippen molar-refractivity contribution in [1.82, 2.24) is 9.55 Å². The SMILES string of the molecule is N#Cc1c(-c2ccncc2)c(C#N)c(=O)n(CCN)c1O. The number of pyridine rings is 2. The van der Waals surface area contributed by atoms with Crippen LogP contribution in [0.2, 0.25) is 0 Å². The Morgan fingerprint density at radius 1 is 1.24 bits per heavy atom. The molecular weight excluding hydrogens is 270 g/mol. The number of aromatic nitrogens is 2. The number of nitriles is 2. The number of aromatic hydroxyl groups is 1. The maximum atomic E-state index is 12.3. The van der Waals surface area contributed by atoms with E-state index < -0.39 is 11.4 Å². The zero-order valence-corrected chi connectivity index (χ0v) is 10.9. The molecule has 0 saturated heterocycles. The van der Waals surface area contributed by atoms with E-state index in [-0.39, 0.29) is 29.8 Å². The van der Waals surface area contributed by atoms with Crippen LogP contribution >= 0.6 is 0 Å². The van der Waals surface area contributed by atoms with Gasteiger partial charge in [0.25, 0.3) is 5.56 Å². The summed E-state index contributed by atoms with van der Waals surface area (Å²) in [6.45, 7) is 0.114. The Morgan fingerprint density at radius 2 is 1.86 bits per heavy atom. The van der Waals surface area contributed by atoms with Gasteiger partial charge in [0.05, 0.1) is 0 Å². The van der Waals surface area contributed by atoms with Gasteiger partial charge in [-0.3, -0.25) is 14.3 Å². The average molecular weight is 281 g/mol. The van der Waals surface area contributed by atoms with Crippen molar-refractivity contribution in [1.29, 1.82) is 10.5 Å². The maximum Gasteiger partial charge on any atom is 0.272 e. The normalized spacial score (nSPS) is 9.86. The molecule has 2 rings (SSSR count). The number of hydrogen-bond acceptors (Lipinski definition) is 6. The standard InChI is InChI=1S/C14H11N5O2/c15-3-6-19-13(20)10(7-16)12(11(8-17)14(19)21)9-1-4-18-5-2-9/h1-2,4-5,20H,3,6,15H2. The van der Waals surface area contributed by atoms with Gasteiger partial charge in [-0.2, -0.15) is 10.5 Å². The van der Waals surface area contributed by atoms with Crippen molar-refractivity contribution in [2.45, 2.75) is 6.54 Å². The predicted octanol–water partition coefficient (Wildman–Crippen LogP) is 0.318. The van der Waals surface area contributed by atoms with Crippen molar-refractivity contribution in [3.05, 3.63) is 46.0 Å². The monoisotopic (exact) mass is 281 g/mol. The molecule has 0 radical (unpaired) electrons. The van der Waals surface area contributed by atoms with Crippen LogP contribution in [0.15, 0.2) is 29.3 Å². The summed E-state index contributed by atoms with van der Waals surface area (Å²) in [6, 6.07) is 6.76. The van der Waals surface area contributed by atoms with Gasteiger partial charge in [-0.05, 0) is 17.7 Å². The molecule has 2 aromatic heterocycles. The Balaban J connectivity index is 2.93.